The number of nitrogens with one attached hydrogen (secondary N) is 1. The smallest absolute Gasteiger partial charge is 0.315 e. The average Bonchev–Trinajstić information content (AvgIpc) is 2.95. The van der Waals surface area contributed by atoms with Crippen LogP contribution in [0.5, 0.6) is 11.5 Å². The second-order valence-electron chi connectivity index (χ2n) is 5.50. The summed E-state index contributed by atoms with van der Waals surface area (Å²) in [4.78, 5) is 35.3. The van der Waals surface area contributed by atoms with Gasteiger partial charge < -0.3 is 9.47 Å². The molecule has 1 saturated heterocycles. The fraction of sp³-hybridized carbons (Fsp3) is 0.105. The zero-order chi connectivity index (χ0) is 19.4. The topological polar surface area (TPSA) is 81.7 Å². The van der Waals surface area contributed by atoms with Gasteiger partial charge in [-0.15, -0.1) is 0 Å². The lowest BCUT2D eigenvalue weighted by molar-refractivity contribution is -0.133. The lowest BCUT2D eigenvalue weighted by Crippen LogP contribution is -2.17. The first-order chi connectivity index (χ1) is 13.0. The highest BCUT2D eigenvalue weighted by molar-refractivity contribution is 8.18. The third-order valence-electron chi connectivity index (χ3n) is 3.64. The molecule has 1 heterocycles. The molecule has 1 fully saturated rings. The van der Waals surface area contributed by atoms with Crippen molar-refractivity contribution in [3.63, 3.8) is 0 Å². The number of carbonyl (C=O) groups is 3. The molecular weight excluding hydrogens is 390 g/mol. The molecule has 0 bridgehead atoms. The van der Waals surface area contributed by atoms with Crippen LogP contribution in [0.25, 0.3) is 6.08 Å². The van der Waals surface area contributed by atoms with Gasteiger partial charge in [0.15, 0.2) is 11.5 Å². The molecule has 1 N–H and O–H groups in total. The van der Waals surface area contributed by atoms with E-state index in [2.05, 4.69) is 5.32 Å². The molecule has 0 atom stereocenters. The Balaban J connectivity index is 1.76. The number of rotatable bonds is 5. The summed E-state index contributed by atoms with van der Waals surface area (Å²) in [6, 6.07) is 11.9. The fourth-order valence-corrected chi connectivity index (χ4v) is 3.27. The number of methoxy groups -OCH3 is 1. The van der Waals surface area contributed by atoms with E-state index < -0.39 is 17.1 Å². The number of ether oxygens (including phenoxy) is 2. The van der Waals surface area contributed by atoms with Crippen LogP contribution in [-0.2, 0) is 16.0 Å². The number of carbonyl (C=O) groups excluding carboxylic acids is 3. The first-order valence-corrected chi connectivity index (χ1v) is 9.02. The molecule has 6 nitrogen and oxygen atoms in total. The summed E-state index contributed by atoms with van der Waals surface area (Å²) >= 11 is 6.88. The summed E-state index contributed by atoms with van der Waals surface area (Å²) < 4.78 is 10.6. The summed E-state index contributed by atoms with van der Waals surface area (Å²) in [6.07, 6.45) is 1.58. The number of amides is 2. The van der Waals surface area contributed by atoms with Gasteiger partial charge in [-0.2, -0.15) is 0 Å². The Hall–Kier alpha value is -2.77. The predicted octanol–water partition coefficient (Wildman–Crippen LogP) is 3.82. The largest absolute Gasteiger partial charge is 0.493 e. The van der Waals surface area contributed by atoms with Crippen molar-refractivity contribution >= 4 is 46.6 Å². The minimum Gasteiger partial charge on any atom is -0.493 e. The molecule has 2 amide bonds. The van der Waals surface area contributed by atoms with Crippen molar-refractivity contribution < 1.29 is 23.9 Å². The summed E-state index contributed by atoms with van der Waals surface area (Å²) in [6.45, 7) is 0. The van der Waals surface area contributed by atoms with Gasteiger partial charge in [-0.05, 0) is 47.2 Å². The van der Waals surface area contributed by atoms with E-state index in [1.165, 1.54) is 7.11 Å². The van der Waals surface area contributed by atoms with Crippen LogP contribution in [0.15, 0.2) is 47.4 Å². The SMILES string of the molecule is COc1cc(C=C2SC(=O)NC2=O)ccc1OC(=O)Cc1ccccc1Cl. The summed E-state index contributed by atoms with van der Waals surface area (Å²) in [5.41, 5.74) is 1.29. The standard InChI is InChI=1S/C19H14ClNO5S/c1-25-15-8-11(9-16-18(23)21-19(24)27-16)6-7-14(15)26-17(22)10-12-4-2-3-5-13(12)20/h2-9H,10H2,1H3,(H,21,23,24). The molecular formula is C19H14ClNO5S. The zero-order valence-corrected chi connectivity index (χ0v) is 15.7. The Kier molecular flexibility index (Phi) is 5.83. The van der Waals surface area contributed by atoms with Crippen LogP contribution in [0, 0.1) is 0 Å². The van der Waals surface area contributed by atoms with Crippen molar-refractivity contribution in [2.75, 3.05) is 7.11 Å². The maximum absolute atomic E-state index is 12.2. The number of halogens is 1. The van der Waals surface area contributed by atoms with Crippen LogP contribution in [0.4, 0.5) is 4.79 Å². The Morgan fingerprint density at radius 3 is 2.63 bits per heavy atom. The van der Waals surface area contributed by atoms with Crippen LogP contribution in [0.2, 0.25) is 5.02 Å². The molecule has 0 spiro atoms. The van der Waals surface area contributed by atoms with Gasteiger partial charge in [-0.1, -0.05) is 35.9 Å². The Morgan fingerprint density at radius 2 is 1.96 bits per heavy atom. The van der Waals surface area contributed by atoms with Crippen LogP contribution >= 0.6 is 23.4 Å². The van der Waals surface area contributed by atoms with Gasteiger partial charge in [-0.25, -0.2) is 0 Å². The third kappa shape index (κ3) is 4.69. The molecule has 2 aromatic carbocycles. The maximum atomic E-state index is 12.2. The summed E-state index contributed by atoms with van der Waals surface area (Å²) in [7, 11) is 1.44. The van der Waals surface area contributed by atoms with Gasteiger partial charge in [0.25, 0.3) is 11.1 Å². The molecule has 0 unspecified atom stereocenters. The lowest BCUT2D eigenvalue weighted by Gasteiger charge is -2.10. The minimum absolute atomic E-state index is 0.0214. The van der Waals surface area contributed by atoms with Gasteiger partial charge >= 0.3 is 5.97 Å². The van der Waals surface area contributed by atoms with Crippen molar-refractivity contribution in [2.45, 2.75) is 6.42 Å². The normalized spacial score (nSPS) is 15.0. The number of esters is 1. The van der Waals surface area contributed by atoms with E-state index in [-0.39, 0.29) is 17.1 Å². The monoisotopic (exact) mass is 403 g/mol. The molecule has 0 saturated carbocycles. The molecule has 1 aliphatic heterocycles. The van der Waals surface area contributed by atoms with Gasteiger partial charge in [0.1, 0.15) is 0 Å². The number of benzene rings is 2. The molecule has 8 heteroatoms. The van der Waals surface area contributed by atoms with Crippen LogP contribution in [-0.4, -0.2) is 24.2 Å². The van der Waals surface area contributed by atoms with E-state index >= 15 is 0 Å². The second-order valence-corrected chi connectivity index (χ2v) is 6.93. The number of imide groups is 1. The fourth-order valence-electron chi connectivity index (χ4n) is 2.39. The highest BCUT2D eigenvalue weighted by Gasteiger charge is 2.25. The molecule has 0 aromatic heterocycles. The van der Waals surface area contributed by atoms with E-state index in [1.54, 1.807) is 48.5 Å². The van der Waals surface area contributed by atoms with E-state index in [0.29, 0.717) is 21.9 Å². The zero-order valence-electron chi connectivity index (χ0n) is 14.2. The Morgan fingerprint density at radius 1 is 1.19 bits per heavy atom. The minimum atomic E-state index is -0.483. The maximum Gasteiger partial charge on any atom is 0.315 e. The van der Waals surface area contributed by atoms with E-state index in [1.807, 2.05) is 0 Å². The molecule has 1 aliphatic rings. The van der Waals surface area contributed by atoms with E-state index in [4.69, 9.17) is 21.1 Å². The lowest BCUT2D eigenvalue weighted by atomic mass is 10.1. The summed E-state index contributed by atoms with van der Waals surface area (Å²) in [5, 5.41) is 2.26. The second kappa shape index (κ2) is 8.28. The first kappa shape index (κ1) is 19.0. The van der Waals surface area contributed by atoms with Crippen LogP contribution < -0.4 is 14.8 Å². The number of thioether (sulfide) groups is 1. The Labute approximate surface area is 164 Å². The predicted molar refractivity (Wildman–Crippen MR) is 103 cm³/mol. The van der Waals surface area contributed by atoms with Crippen molar-refractivity contribution in [3.05, 3.63) is 63.5 Å². The van der Waals surface area contributed by atoms with Crippen LogP contribution in [0.3, 0.4) is 0 Å². The van der Waals surface area contributed by atoms with Crippen molar-refractivity contribution in [1.29, 1.82) is 0 Å². The van der Waals surface area contributed by atoms with Crippen LogP contribution in [0.1, 0.15) is 11.1 Å². The molecule has 27 heavy (non-hydrogen) atoms. The average molecular weight is 404 g/mol. The van der Waals surface area contributed by atoms with E-state index in [9.17, 15) is 14.4 Å². The Bertz CT molecular complexity index is 957. The molecule has 0 radical (unpaired) electrons. The summed E-state index contributed by atoms with van der Waals surface area (Å²) in [5.74, 6) is -0.356. The highest BCUT2D eigenvalue weighted by Crippen LogP contribution is 2.32. The number of hydrogen-bond acceptors (Lipinski definition) is 6. The quantitative estimate of drug-likeness (QED) is 0.464. The van der Waals surface area contributed by atoms with Gasteiger partial charge in [0.05, 0.1) is 18.4 Å². The molecule has 3 rings (SSSR count). The molecule has 138 valence electrons. The van der Waals surface area contributed by atoms with Crippen molar-refractivity contribution in [1.82, 2.24) is 5.32 Å². The van der Waals surface area contributed by atoms with Crippen molar-refractivity contribution in [3.8, 4) is 11.5 Å². The first-order valence-electron chi connectivity index (χ1n) is 7.83. The number of hydrogen-bond donors (Lipinski definition) is 1. The highest BCUT2D eigenvalue weighted by atomic mass is 35.5. The molecule has 2 aromatic rings. The molecule has 0 aliphatic carbocycles. The third-order valence-corrected chi connectivity index (χ3v) is 4.82. The van der Waals surface area contributed by atoms with Gasteiger partial charge in [0, 0.05) is 5.02 Å². The van der Waals surface area contributed by atoms with E-state index in [0.717, 1.165) is 11.8 Å². The van der Waals surface area contributed by atoms with Gasteiger partial charge in [0.2, 0.25) is 0 Å². The van der Waals surface area contributed by atoms with Gasteiger partial charge in [-0.3, -0.25) is 19.7 Å². The van der Waals surface area contributed by atoms with Crippen molar-refractivity contribution in [2.24, 2.45) is 0 Å².